The van der Waals surface area contributed by atoms with Gasteiger partial charge in [-0.05, 0) is 25.0 Å². The van der Waals surface area contributed by atoms with Crippen molar-refractivity contribution < 1.29 is 14.2 Å². The molecule has 15 heavy (non-hydrogen) atoms. The van der Waals surface area contributed by atoms with E-state index in [9.17, 15) is 9.50 Å². The van der Waals surface area contributed by atoms with Gasteiger partial charge in [0.2, 0.25) is 0 Å². The highest BCUT2D eigenvalue weighted by molar-refractivity contribution is 5.52. The average molecular weight is 211 g/mol. The van der Waals surface area contributed by atoms with Crippen molar-refractivity contribution in [2.45, 2.75) is 31.5 Å². The van der Waals surface area contributed by atoms with Crippen LogP contribution in [0.15, 0.2) is 18.2 Å². The Balaban J connectivity index is 2.07. The van der Waals surface area contributed by atoms with Crippen LogP contribution < -0.4 is 10.5 Å². The lowest BCUT2D eigenvalue weighted by Crippen LogP contribution is -2.14. The Labute approximate surface area is 87.7 Å². The molecule has 4 heteroatoms. The van der Waals surface area contributed by atoms with Gasteiger partial charge in [-0.3, -0.25) is 0 Å². The molecular weight excluding hydrogens is 197 g/mol. The van der Waals surface area contributed by atoms with Gasteiger partial charge < -0.3 is 15.6 Å². The maximum absolute atomic E-state index is 12.9. The van der Waals surface area contributed by atoms with Gasteiger partial charge in [-0.15, -0.1) is 0 Å². The van der Waals surface area contributed by atoms with Crippen LogP contribution in [0.3, 0.4) is 0 Å². The fourth-order valence-corrected chi connectivity index (χ4v) is 1.81. The van der Waals surface area contributed by atoms with Crippen molar-refractivity contribution in [1.29, 1.82) is 0 Å². The molecule has 0 saturated heterocycles. The van der Waals surface area contributed by atoms with Gasteiger partial charge in [0.1, 0.15) is 17.7 Å². The number of rotatable bonds is 2. The van der Waals surface area contributed by atoms with Crippen molar-refractivity contribution in [3.63, 3.8) is 0 Å². The van der Waals surface area contributed by atoms with E-state index >= 15 is 0 Å². The van der Waals surface area contributed by atoms with Crippen LogP contribution in [0.1, 0.15) is 19.3 Å². The maximum Gasteiger partial charge on any atom is 0.145 e. The molecule has 1 aliphatic carbocycles. The van der Waals surface area contributed by atoms with Crippen LogP contribution in [0, 0.1) is 5.82 Å². The van der Waals surface area contributed by atoms with E-state index in [2.05, 4.69) is 0 Å². The van der Waals surface area contributed by atoms with E-state index in [1.165, 1.54) is 18.2 Å². The van der Waals surface area contributed by atoms with Crippen LogP contribution >= 0.6 is 0 Å². The van der Waals surface area contributed by atoms with Gasteiger partial charge in [-0.25, -0.2) is 4.39 Å². The molecule has 3 N–H and O–H groups in total. The number of anilines is 1. The predicted octanol–water partition coefficient (Wildman–Crippen LogP) is 1.70. The van der Waals surface area contributed by atoms with Gasteiger partial charge in [0, 0.05) is 12.5 Å². The number of halogens is 1. The minimum atomic E-state index is -0.363. The van der Waals surface area contributed by atoms with E-state index in [0.29, 0.717) is 17.9 Å². The van der Waals surface area contributed by atoms with Crippen LogP contribution in [0.5, 0.6) is 5.75 Å². The summed E-state index contributed by atoms with van der Waals surface area (Å²) in [5, 5.41) is 9.32. The molecule has 0 bridgehead atoms. The Bertz CT molecular complexity index is 356. The summed E-state index contributed by atoms with van der Waals surface area (Å²) < 4.78 is 18.4. The van der Waals surface area contributed by atoms with Gasteiger partial charge in [-0.2, -0.15) is 0 Å². The van der Waals surface area contributed by atoms with Crippen LogP contribution in [-0.2, 0) is 0 Å². The van der Waals surface area contributed by atoms with Crippen LogP contribution in [0.25, 0.3) is 0 Å². The van der Waals surface area contributed by atoms with Crippen molar-refractivity contribution in [2.75, 3.05) is 5.73 Å². The smallest absolute Gasteiger partial charge is 0.145 e. The first-order chi connectivity index (χ1) is 7.15. The fourth-order valence-electron chi connectivity index (χ4n) is 1.81. The predicted molar refractivity (Wildman–Crippen MR) is 55.1 cm³/mol. The van der Waals surface area contributed by atoms with Crippen molar-refractivity contribution in [1.82, 2.24) is 0 Å². The third-order valence-corrected chi connectivity index (χ3v) is 2.63. The molecule has 0 amide bonds. The molecule has 1 saturated carbocycles. The first kappa shape index (κ1) is 10.2. The molecule has 3 nitrogen and oxygen atoms in total. The quantitative estimate of drug-likeness (QED) is 0.732. The third kappa shape index (κ3) is 2.39. The molecule has 0 spiro atoms. The Morgan fingerprint density at radius 1 is 1.40 bits per heavy atom. The van der Waals surface area contributed by atoms with Crippen molar-refractivity contribution in [3.05, 3.63) is 24.0 Å². The molecule has 1 fully saturated rings. The summed E-state index contributed by atoms with van der Waals surface area (Å²) in [6.45, 7) is 0. The van der Waals surface area contributed by atoms with Crippen LogP contribution in [0.2, 0.25) is 0 Å². The number of ether oxygens (including phenoxy) is 1. The van der Waals surface area contributed by atoms with E-state index in [4.69, 9.17) is 10.5 Å². The Morgan fingerprint density at radius 2 is 2.20 bits per heavy atom. The molecule has 0 heterocycles. The van der Waals surface area contributed by atoms with Gasteiger partial charge in [0.15, 0.2) is 0 Å². The largest absolute Gasteiger partial charge is 0.488 e. The van der Waals surface area contributed by atoms with Crippen molar-refractivity contribution in [2.24, 2.45) is 0 Å². The number of nitrogen functional groups attached to an aromatic ring is 1. The second kappa shape index (κ2) is 4.06. The molecule has 1 aromatic carbocycles. The van der Waals surface area contributed by atoms with Gasteiger partial charge >= 0.3 is 0 Å². The average Bonchev–Trinajstić information content (AvgIpc) is 2.58. The summed E-state index contributed by atoms with van der Waals surface area (Å²) in [4.78, 5) is 0. The van der Waals surface area contributed by atoms with Gasteiger partial charge in [-0.1, -0.05) is 0 Å². The zero-order chi connectivity index (χ0) is 10.8. The molecule has 2 atom stereocenters. The van der Waals surface area contributed by atoms with Gasteiger partial charge in [0.05, 0.1) is 11.8 Å². The molecule has 0 aliphatic heterocycles. The molecule has 1 aliphatic rings. The van der Waals surface area contributed by atoms with E-state index < -0.39 is 0 Å². The fraction of sp³-hybridized carbons (Fsp3) is 0.455. The zero-order valence-corrected chi connectivity index (χ0v) is 8.32. The summed E-state index contributed by atoms with van der Waals surface area (Å²) in [5.74, 6) is 0.00634. The first-order valence-corrected chi connectivity index (χ1v) is 5.05. The molecule has 0 radical (unpaired) electrons. The lowest BCUT2D eigenvalue weighted by molar-refractivity contribution is 0.150. The van der Waals surface area contributed by atoms with E-state index in [1.807, 2.05) is 0 Å². The topological polar surface area (TPSA) is 55.5 Å². The Hall–Kier alpha value is -1.29. The highest BCUT2D eigenvalue weighted by Gasteiger charge is 2.24. The first-order valence-electron chi connectivity index (χ1n) is 5.05. The second-order valence-corrected chi connectivity index (χ2v) is 3.89. The van der Waals surface area contributed by atoms with Gasteiger partial charge in [0.25, 0.3) is 0 Å². The SMILES string of the molecule is Nc1ccc(F)cc1O[C@@H]1CCC(O)C1. The minimum absolute atomic E-state index is 0.0518. The standard InChI is InChI=1S/C11H14FNO2/c12-7-1-4-10(13)11(5-7)15-9-3-2-8(14)6-9/h1,4-5,8-9,14H,2-3,6,13H2/t8?,9-/m1/s1. The minimum Gasteiger partial charge on any atom is -0.488 e. The zero-order valence-electron chi connectivity index (χ0n) is 8.32. The molecule has 82 valence electrons. The molecule has 1 unspecified atom stereocenters. The summed E-state index contributed by atoms with van der Waals surface area (Å²) in [6, 6.07) is 4.06. The number of hydrogen-bond acceptors (Lipinski definition) is 3. The monoisotopic (exact) mass is 211 g/mol. The molecular formula is C11H14FNO2. The van der Waals surface area contributed by atoms with E-state index in [1.54, 1.807) is 0 Å². The Morgan fingerprint density at radius 3 is 2.87 bits per heavy atom. The second-order valence-electron chi connectivity index (χ2n) is 3.89. The van der Waals surface area contributed by atoms with E-state index in [0.717, 1.165) is 12.8 Å². The number of aliphatic hydroxyl groups excluding tert-OH is 1. The maximum atomic E-state index is 12.9. The normalized spacial score (nSPS) is 25.5. The number of nitrogens with two attached hydrogens (primary N) is 1. The van der Waals surface area contributed by atoms with Crippen molar-refractivity contribution >= 4 is 5.69 Å². The summed E-state index contributed by atoms with van der Waals surface area (Å²) in [6.07, 6.45) is 1.77. The highest BCUT2D eigenvalue weighted by atomic mass is 19.1. The number of benzene rings is 1. The molecule has 1 aromatic rings. The Kier molecular flexibility index (Phi) is 2.77. The van der Waals surface area contributed by atoms with Crippen LogP contribution in [-0.4, -0.2) is 17.3 Å². The molecule has 2 rings (SSSR count). The summed E-state index contributed by atoms with van der Waals surface area (Å²) in [7, 11) is 0. The van der Waals surface area contributed by atoms with E-state index in [-0.39, 0.29) is 18.0 Å². The number of hydrogen-bond donors (Lipinski definition) is 2. The van der Waals surface area contributed by atoms with Crippen molar-refractivity contribution in [3.8, 4) is 5.75 Å². The van der Waals surface area contributed by atoms with Crippen LogP contribution in [0.4, 0.5) is 10.1 Å². The lowest BCUT2D eigenvalue weighted by Gasteiger charge is -2.14. The summed E-state index contributed by atoms with van der Waals surface area (Å²) >= 11 is 0. The lowest BCUT2D eigenvalue weighted by atomic mass is 10.2. The molecule has 0 aromatic heterocycles. The number of aliphatic hydroxyl groups is 1. The third-order valence-electron chi connectivity index (χ3n) is 2.63. The summed E-state index contributed by atoms with van der Waals surface area (Å²) in [5.41, 5.74) is 6.08. The highest BCUT2D eigenvalue weighted by Crippen LogP contribution is 2.28.